The summed E-state index contributed by atoms with van der Waals surface area (Å²) in [4.78, 5) is 0. The summed E-state index contributed by atoms with van der Waals surface area (Å²) in [6.45, 7) is 7.04. The lowest BCUT2D eigenvalue weighted by molar-refractivity contribution is -0.139. The molecule has 0 atom stereocenters. The molecule has 116 valence electrons. The first-order chi connectivity index (χ1) is 10.3. The number of hydrogen-bond acceptors (Lipinski definition) is 4. The largest absolute Gasteiger partial charge is 0.460 e. The van der Waals surface area contributed by atoms with Gasteiger partial charge in [0.2, 0.25) is 0 Å². The van der Waals surface area contributed by atoms with E-state index in [0.29, 0.717) is 13.2 Å². The minimum Gasteiger partial charge on any atom is -0.460 e. The summed E-state index contributed by atoms with van der Waals surface area (Å²) >= 11 is 0. The number of ether oxygens (including phenoxy) is 2. The van der Waals surface area contributed by atoms with Gasteiger partial charge in [-0.2, -0.15) is 0 Å². The number of fused-ring (bicyclic) bond motifs is 1. The molecule has 0 fully saturated rings. The fourth-order valence-corrected chi connectivity index (χ4v) is 2.32. The van der Waals surface area contributed by atoms with E-state index in [0.717, 1.165) is 42.7 Å². The minimum absolute atomic E-state index is 0.0759. The highest BCUT2D eigenvalue weighted by Gasteiger charge is 2.07. The van der Waals surface area contributed by atoms with E-state index in [9.17, 15) is 0 Å². The van der Waals surface area contributed by atoms with Crippen LogP contribution in [0.4, 0.5) is 0 Å². The van der Waals surface area contributed by atoms with E-state index in [1.807, 2.05) is 32.0 Å². The average Bonchev–Trinajstić information content (AvgIpc) is 2.90. The normalized spacial score (nSPS) is 11.6. The molecule has 0 spiro atoms. The van der Waals surface area contributed by atoms with E-state index in [-0.39, 0.29) is 6.29 Å². The van der Waals surface area contributed by atoms with Crippen LogP contribution < -0.4 is 5.32 Å². The first kappa shape index (κ1) is 16.0. The van der Waals surface area contributed by atoms with Crippen molar-refractivity contribution in [2.24, 2.45) is 0 Å². The molecule has 0 unspecified atom stereocenters. The van der Waals surface area contributed by atoms with Crippen molar-refractivity contribution in [1.29, 1.82) is 0 Å². The molecule has 1 heterocycles. The second-order valence-corrected chi connectivity index (χ2v) is 4.91. The standard InChI is InChI=1S/C17H25NO3/c1-3-19-17(20-4-2)10-7-11-18-13-15-12-14-8-5-6-9-16(14)21-15/h5-6,8-9,12,17-18H,3-4,7,10-11,13H2,1-2H3. The summed E-state index contributed by atoms with van der Waals surface area (Å²) in [5, 5.41) is 4.55. The molecule has 4 nitrogen and oxygen atoms in total. The fraction of sp³-hybridized carbons (Fsp3) is 0.529. The summed E-state index contributed by atoms with van der Waals surface area (Å²) in [6.07, 6.45) is 1.85. The van der Waals surface area contributed by atoms with Crippen molar-refractivity contribution in [2.45, 2.75) is 39.5 Å². The van der Waals surface area contributed by atoms with Crippen LogP contribution in [0.15, 0.2) is 34.7 Å². The highest BCUT2D eigenvalue weighted by atomic mass is 16.7. The van der Waals surface area contributed by atoms with Crippen LogP contribution in [0, 0.1) is 0 Å². The van der Waals surface area contributed by atoms with Crippen LogP contribution in [0.5, 0.6) is 0 Å². The Bertz CT molecular complexity index is 484. The van der Waals surface area contributed by atoms with Crippen molar-refractivity contribution >= 4 is 11.0 Å². The second kappa shape index (κ2) is 8.82. The maximum Gasteiger partial charge on any atom is 0.157 e. The molecule has 1 aromatic heterocycles. The first-order valence-corrected chi connectivity index (χ1v) is 7.74. The third-order valence-electron chi connectivity index (χ3n) is 3.27. The summed E-state index contributed by atoms with van der Waals surface area (Å²) in [7, 11) is 0. The molecule has 0 amide bonds. The molecule has 0 radical (unpaired) electrons. The molecule has 0 saturated heterocycles. The van der Waals surface area contributed by atoms with Crippen LogP contribution in [0.1, 0.15) is 32.4 Å². The molecular formula is C17H25NO3. The lowest BCUT2D eigenvalue weighted by atomic mass is 10.2. The lowest BCUT2D eigenvalue weighted by Crippen LogP contribution is -2.21. The van der Waals surface area contributed by atoms with Gasteiger partial charge in [-0.3, -0.25) is 0 Å². The molecule has 2 aromatic rings. The quantitative estimate of drug-likeness (QED) is 0.535. The second-order valence-electron chi connectivity index (χ2n) is 4.91. The number of nitrogens with one attached hydrogen (secondary N) is 1. The number of hydrogen-bond donors (Lipinski definition) is 1. The maximum absolute atomic E-state index is 5.76. The molecular weight excluding hydrogens is 266 g/mol. The predicted molar refractivity (Wildman–Crippen MR) is 84.2 cm³/mol. The van der Waals surface area contributed by atoms with Gasteiger partial charge in [0.15, 0.2) is 6.29 Å². The highest BCUT2D eigenvalue weighted by molar-refractivity contribution is 5.77. The highest BCUT2D eigenvalue weighted by Crippen LogP contribution is 2.18. The van der Waals surface area contributed by atoms with Gasteiger partial charge in [0.25, 0.3) is 0 Å². The van der Waals surface area contributed by atoms with Gasteiger partial charge in [0.1, 0.15) is 11.3 Å². The van der Waals surface area contributed by atoms with Gasteiger partial charge >= 0.3 is 0 Å². The van der Waals surface area contributed by atoms with Crippen LogP contribution in [0.25, 0.3) is 11.0 Å². The molecule has 1 aromatic carbocycles. The van der Waals surface area contributed by atoms with Gasteiger partial charge in [0, 0.05) is 18.6 Å². The van der Waals surface area contributed by atoms with E-state index >= 15 is 0 Å². The summed E-state index contributed by atoms with van der Waals surface area (Å²) in [6, 6.07) is 10.2. The van der Waals surface area contributed by atoms with Gasteiger partial charge in [-0.05, 0) is 45.4 Å². The summed E-state index contributed by atoms with van der Waals surface area (Å²) < 4.78 is 16.8. The molecule has 0 aliphatic carbocycles. The topological polar surface area (TPSA) is 43.6 Å². The minimum atomic E-state index is -0.0759. The monoisotopic (exact) mass is 291 g/mol. The molecule has 0 bridgehead atoms. The van der Waals surface area contributed by atoms with E-state index in [1.165, 1.54) is 0 Å². The lowest BCUT2D eigenvalue weighted by Gasteiger charge is -2.16. The van der Waals surface area contributed by atoms with Crippen LogP contribution in [0.3, 0.4) is 0 Å². The van der Waals surface area contributed by atoms with Gasteiger partial charge < -0.3 is 19.2 Å². The van der Waals surface area contributed by atoms with Crippen molar-refractivity contribution < 1.29 is 13.9 Å². The maximum atomic E-state index is 5.76. The molecule has 1 N–H and O–H groups in total. The van der Waals surface area contributed by atoms with Gasteiger partial charge in [0.05, 0.1) is 6.54 Å². The summed E-state index contributed by atoms with van der Waals surface area (Å²) in [5.41, 5.74) is 0.946. The number of benzene rings is 1. The van der Waals surface area contributed by atoms with Crippen molar-refractivity contribution in [1.82, 2.24) is 5.32 Å². The van der Waals surface area contributed by atoms with Crippen molar-refractivity contribution in [3.8, 4) is 0 Å². The van der Waals surface area contributed by atoms with Crippen LogP contribution in [0.2, 0.25) is 0 Å². The zero-order valence-electron chi connectivity index (χ0n) is 12.9. The van der Waals surface area contributed by atoms with Crippen molar-refractivity contribution in [2.75, 3.05) is 19.8 Å². The third kappa shape index (κ3) is 5.16. The Hall–Kier alpha value is -1.36. The van der Waals surface area contributed by atoms with E-state index in [4.69, 9.17) is 13.9 Å². The number of para-hydroxylation sites is 1. The van der Waals surface area contributed by atoms with Gasteiger partial charge in [-0.1, -0.05) is 18.2 Å². The molecule has 2 rings (SSSR count). The Balaban J connectivity index is 1.67. The van der Waals surface area contributed by atoms with E-state index in [2.05, 4.69) is 17.4 Å². The molecule has 0 saturated carbocycles. The Morgan fingerprint density at radius 2 is 1.90 bits per heavy atom. The first-order valence-electron chi connectivity index (χ1n) is 7.74. The number of rotatable bonds is 10. The third-order valence-corrected chi connectivity index (χ3v) is 3.27. The van der Waals surface area contributed by atoms with Crippen molar-refractivity contribution in [3.05, 3.63) is 36.1 Å². The molecule has 0 aliphatic heterocycles. The Kier molecular flexibility index (Phi) is 6.73. The van der Waals surface area contributed by atoms with Crippen LogP contribution in [-0.4, -0.2) is 26.0 Å². The Morgan fingerprint density at radius 3 is 2.62 bits per heavy atom. The Morgan fingerprint density at radius 1 is 1.14 bits per heavy atom. The van der Waals surface area contributed by atoms with Gasteiger partial charge in [-0.25, -0.2) is 0 Å². The van der Waals surface area contributed by atoms with Crippen molar-refractivity contribution in [3.63, 3.8) is 0 Å². The SMILES string of the molecule is CCOC(CCCNCc1cc2ccccc2o1)OCC. The smallest absolute Gasteiger partial charge is 0.157 e. The summed E-state index contributed by atoms with van der Waals surface area (Å²) in [5.74, 6) is 0.974. The fourth-order valence-electron chi connectivity index (χ4n) is 2.32. The van der Waals surface area contributed by atoms with E-state index < -0.39 is 0 Å². The number of furan rings is 1. The van der Waals surface area contributed by atoms with Gasteiger partial charge in [-0.15, -0.1) is 0 Å². The molecule has 21 heavy (non-hydrogen) atoms. The van der Waals surface area contributed by atoms with E-state index in [1.54, 1.807) is 0 Å². The average molecular weight is 291 g/mol. The molecule has 0 aliphatic rings. The molecule has 4 heteroatoms. The zero-order valence-corrected chi connectivity index (χ0v) is 12.9. The van der Waals surface area contributed by atoms with Crippen LogP contribution >= 0.6 is 0 Å². The van der Waals surface area contributed by atoms with Crippen LogP contribution in [-0.2, 0) is 16.0 Å². The Labute approximate surface area is 126 Å². The predicted octanol–water partition coefficient (Wildman–Crippen LogP) is 3.70. The zero-order chi connectivity index (χ0) is 14.9.